The summed E-state index contributed by atoms with van der Waals surface area (Å²) in [4.78, 5) is 26.0. The van der Waals surface area contributed by atoms with Gasteiger partial charge in [-0.2, -0.15) is 0 Å². The zero-order valence-corrected chi connectivity index (χ0v) is 14.8. The Morgan fingerprint density at radius 1 is 1.12 bits per heavy atom. The van der Waals surface area contributed by atoms with Gasteiger partial charge in [0.2, 0.25) is 0 Å². The zero-order chi connectivity index (χ0) is 17.6. The molecule has 0 atom stereocenters. The molecule has 0 radical (unpaired) electrons. The lowest BCUT2D eigenvalue weighted by atomic mass is 9.73. The van der Waals surface area contributed by atoms with Gasteiger partial charge in [-0.25, -0.2) is 4.79 Å². The molecule has 2 rings (SSSR count). The van der Waals surface area contributed by atoms with Crippen LogP contribution in [0, 0.1) is 11.3 Å². The standard InChI is InChI=1S/C19H27NO4/c1-4-23-17(21)19(2,3)16-10-12-20(13-11-16)18(22)24-14-15-8-6-5-7-9-15/h5-9,16H,4,10-14H2,1-3H3. The molecule has 1 heterocycles. The number of ether oxygens (including phenoxy) is 2. The minimum Gasteiger partial charge on any atom is -0.466 e. The number of carbonyl (C=O) groups is 2. The number of likely N-dealkylation sites (tertiary alicyclic amines) is 1. The van der Waals surface area contributed by atoms with Crippen molar-refractivity contribution in [2.75, 3.05) is 19.7 Å². The molecule has 1 aromatic carbocycles. The Labute approximate surface area is 143 Å². The molecule has 1 fully saturated rings. The molecule has 1 aromatic rings. The number of amides is 1. The molecule has 1 aliphatic rings. The first kappa shape index (κ1) is 18.3. The van der Waals surface area contributed by atoms with Gasteiger partial charge in [-0.05, 0) is 45.1 Å². The smallest absolute Gasteiger partial charge is 0.410 e. The van der Waals surface area contributed by atoms with Gasteiger partial charge < -0.3 is 14.4 Å². The molecule has 0 spiro atoms. The number of esters is 1. The maximum atomic E-state index is 12.2. The Bertz CT molecular complexity index is 548. The molecule has 0 saturated carbocycles. The Morgan fingerprint density at radius 2 is 1.75 bits per heavy atom. The maximum Gasteiger partial charge on any atom is 0.410 e. The van der Waals surface area contributed by atoms with Crippen LogP contribution in [0.4, 0.5) is 4.79 Å². The molecule has 0 N–H and O–H groups in total. The van der Waals surface area contributed by atoms with Crippen LogP contribution in [0.3, 0.4) is 0 Å². The number of piperidine rings is 1. The summed E-state index contributed by atoms with van der Waals surface area (Å²) in [7, 11) is 0. The molecule has 24 heavy (non-hydrogen) atoms. The van der Waals surface area contributed by atoms with Gasteiger partial charge in [0.05, 0.1) is 12.0 Å². The van der Waals surface area contributed by atoms with Gasteiger partial charge in [0, 0.05) is 13.1 Å². The minimum absolute atomic E-state index is 0.157. The van der Waals surface area contributed by atoms with Crippen LogP contribution in [0.5, 0.6) is 0 Å². The topological polar surface area (TPSA) is 55.8 Å². The van der Waals surface area contributed by atoms with Crippen molar-refractivity contribution in [1.82, 2.24) is 4.90 Å². The fourth-order valence-corrected chi connectivity index (χ4v) is 3.08. The van der Waals surface area contributed by atoms with Crippen LogP contribution in [0.2, 0.25) is 0 Å². The van der Waals surface area contributed by atoms with Gasteiger partial charge in [0.15, 0.2) is 0 Å². The third kappa shape index (κ3) is 4.49. The number of hydrogen-bond acceptors (Lipinski definition) is 4. The van der Waals surface area contributed by atoms with Gasteiger partial charge in [-0.1, -0.05) is 30.3 Å². The van der Waals surface area contributed by atoms with E-state index in [0.717, 1.165) is 18.4 Å². The van der Waals surface area contributed by atoms with Crippen molar-refractivity contribution in [2.45, 2.75) is 40.2 Å². The van der Waals surface area contributed by atoms with E-state index in [2.05, 4.69) is 0 Å². The van der Waals surface area contributed by atoms with Crippen LogP contribution >= 0.6 is 0 Å². The summed E-state index contributed by atoms with van der Waals surface area (Å²) in [5.74, 6) is 0.0600. The largest absolute Gasteiger partial charge is 0.466 e. The first-order valence-corrected chi connectivity index (χ1v) is 8.58. The van der Waals surface area contributed by atoms with Crippen molar-refractivity contribution < 1.29 is 19.1 Å². The van der Waals surface area contributed by atoms with E-state index < -0.39 is 5.41 Å². The molecule has 1 aliphatic heterocycles. The van der Waals surface area contributed by atoms with Gasteiger partial charge in [-0.3, -0.25) is 4.79 Å². The van der Waals surface area contributed by atoms with E-state index in [9.17, 15) is 9.59 Å². The van der Waals surface area contributed by atoms with Gasteiger partial charge in [0.25, 0.3) is 0 Å². The molecule has 0 unspecified atom stereocenters. The average Bonchev–Trinajstić information content (AvgIpc) is 2.61. The predicted molar refractivity (Wildman–Crippen MR) is 91.3 cm³/mol. The molecule has 0 bridgehead atoms. The molecule has 1 amide bonds. The number of carbonyl (C=O) groups excluding carboxylic acids is 2. The highest BCUT2D eigenvalue weighted by molar-refractivity contribution is 5.76. The van der Waals surface area contributed by atoms with E-state index in [-0.39, 0.29) is 24.6 Å². The SMILES string of the molecule is CCOC(=O)C(C)(C)C1CCN(C(=O)OCc2ccccc2)CC1. The van der Waals surface area contributed by atoms with Crippen molar-refractivity contribution in [1.29, 1.82) is 0 Å². The molecule has 0 aliphatic carbocycles. The second-order valence-corrected chi connectivity index (χ2v) is 6.74. The van der Waals surface area contributed by atoms with Gasteiger partial charge in [0.1, 0.15) is 6.61 Å². The lowest BCUT2D eigenvalue weighted by molar-refractivity contribution is -0.157. The van der Waals surface area contributed by atoms with Crippen LogP contribution < -0.4 is 0 Å². The molecular formula is C19H27NO4. The summed E-state index contributed by atoms with van der Waals surface area (Å²) in [6.07, 6.45) is 1.28. The first-order chi connectivity index (χ1) is 11.4. The third-order valence-electron chi connectivity index (χ3n) is 4.78. The lowest BCUT2D eigenvalue weighted by Crippen LogP contribution is -2.44. The van der Waals surface area contributed by atoms with Crippen molar-refractivity contribution in [2.24, 2.45) is 11.3 Å². The molecule has 0 aromatic heterocycles. The number of benzene rings is 1. The molecule has 1 saturated heterocycles. The highest BCUT2D eigenvalue weighted by Gasteiger charge is 2.40. The first-order valence-electron chi connectivity index (χ1n) is 8.58. The Morgan fingerprint density at radius 3 is 2.33 bits per heavy atom. The van der Waals surface area contributed by atoms with Gasteiger partial charge in [-0.15, -0.1) is 0 Å². The molecule has 5 nitrogen and oxygen atoms in total. The highest BCUT2D eigenvalue weighted by Crippen LogP contribution is 2.36. The van der Waals surface area contributed by atoms with Crippen LogP contribution in [-0.4, -0.2) is 36.7 Å². The maximum absolute atomic E-state index is 12.2. The normalized spacial score (nSPS) is 15.9. The summed E-state index contributed by atoms with van der Waals surface area (Å²) in [5.41, 5.74) is 0.458. The summed E-state index contributed by atoms with van der Waals surface area (Å²) in [5, 5.41) is 0. The Balaban J connectivity index is 1.81. The number of nitrogens with zero attached hydrogens (tertiary/aromatic N) is 1. The fourth-order valence-electron chi connectivity index (χ4n) is 3.08. The van der Waals surface area contributed by atoms with Gasteiger partial charge >= 0.3 is 12.1 Å². The second-order valence-electron chi connectivity index (χ2n) is 6.74. The van der Waals surface area contributed by atoms with Crippen LogP contribution in [0.15, 0.2) is 30.3 Å². The quantitative estimate of drug-likeness (QED) is 0.772. The van der Waals surface area contributed by atoms with E-state index in [1.807, 2.05) is 51.1 Å². The van der Waals surface area contributed by atoms with Crippen molar-refractivity contribution in [3.63, 3.8) is 0 Å². The zero-order valence-electron chi connectivity index (χ0n) is 14.8. The van der Waals surface area contributed by atoms with E-state index in [1.165, 1.54) is 0 Å². The minimum atomic E-state index is -0.518. The lowest BCUT2D eigenvalue weighted by Gasteiger charge is -2.38. The van der Waals surface area contributed by atoms with E-state index in [1.54, 1.807) is 4.90 Å². The molecule has 5 heteroatoms. The molecule has 132 valence electrons. The highest BCUT2D eigenvalue weighted by atomic mass is 16.6. The fraction of sp³-hybridized carbons (Fsp3) is 0.579. The van der Waals surface area contributed by atoms with Crippen LogP contribution in [-0.2, 0) is 20.9 Å². The average molecular weight is 333 g/mol. The van der Waals surface area contributed by atoms with Crippen LogP contribution in [0.25, 0.3) is 0 Å². The third-order valence-corrected chi connectivity index (χ3v) is 4.78. The summed E-state index contributed by atoms with van der Waals surface area (Å²) < 4.78 is 10.5. The molecular weight excluding hydrogens is 306 g/mol. The number of rotatable bonds is 5. The summed E-state index contributed by atoms with van der Waals surface area (Å²) >= 11 is 0. The summed E-state index contributed by atoms with van der Waals surface area (Å²) in [6, 6.07) is 9.64. The second kappa shape index (κ2) is 8.18. The summed E-state index contributed by atoms with van der Waals surface area (Å²) in [6.45, 7) is 7.58. The van der Waals surface area contributed by atoms with Crippen LogP contribution in [0.1, 0.15) is 39.2 Å². The monoisotopic (exact) mass is 333 g/mol. The predicted octanol–water partition coefficient (Wildman–Crippen LogP) is 3.62. The van der Waals surface area contributed by atoms with Crippen molar-refractivity contribution in [3.05, 3.63) is 35.9 Å². The van der Waals surface area contributed by atoms with E-state index in [0.29, 0.717) is 19.7 Å². The van der Waals surface area contributed by atoms with Crippen molar-refractivity contribution >= 4 is 12.1 Å². The number of hydrogen-bond donors (Lipinski definition) is 0. The van der Waals surface area contributed by atoms with Crippen molar-refractivity contribution in [3.8, 4) is 0 Å². The Hall–Kier alpha value is -2.04. The van der Waals surface area contributed by atoms with E-state index in [4.69, 9.17) is 9.47 Å². The van der Waals surface area contributed by atoms with E-state index >= 15 is 0 Å². The Kier molecular flexibility index (Phi) is 6.23.